The molecule has 13 heteroatoms. The molecule has 1 saturated heterocycles. The first-order valence-corrected chi connectivity index (χ1v) is 16.4. The van der Waals surface area contributed by atoms with E-state index in [1.54, 1.807) is 36.4 Å². The maximum atomic E-state index is 13.0. The summed E-state index contributed by atoms with van der Waals surface area (Å²) in [6.45, 7) is 2.74. The molecule has 40 heavy (non-hydrogen) atoms. The standard InChI is InChI=1S/C27H29Cl2N3O6S2/c1-2-38-23-10-6-22(7-11-23)31-40(36,37)24-12-8-21(9-13-24)30-27(33)20-4-3-15-32(17-20)39(34,35)18-19-5-14-25(28)26(29)16-19/h5-14,16,20,31H,2-4,15,17-18H2,1H3,(H,30,33)/t20-/m0/s1. The summed E-state index contributed by atoms with van der Waals surface area (Å²) in [6, 6.07) is 17.0. The Labute approximate surface area is 244 Å². The molecule has 1 amide bonds. The number of sulfonamides is 2. The van der Waals surface area contributed by atoms with Gasteiger partial charge in [-0.1, -0.05) is 29.3 Å². The molecule has 1 fully saturated rings. The summed E-state index contributed by atoms with van der Waals surface area (Å²) in [4.78, 5) is 13.0. The van der Waals surface area contributed by atoms with Gasteiger partial charge in [0.05, 0.1) is 33.2 Å². The van der Waals surface area contributed by atoms with Gasteiger partial charge in [-0.3, -0.25) is 9.52 Å². The lowest BCUT2D eigenvalue weighted by Gasteiger charge is -2.31. The van der Waals surface area contributed by atoms with Gasteiger partial charge in [-0.25, -0.2) is 21.1 Å². The Hall–Kier alpha value is -2.83. The third-order valence-electron chi connectivity index (χ3n) is 6.33. The number of halogens is 2. The number of anilines is 2. The number of hydrogen-bond donors (Lipinski definition) is 2. The van der Waals surface area contributed by atoms with E-state index >= 15 is 0 Å². The number of amides is 1. The maximum Gasteiger partial charge on any atom is 0.261 e. The fraction of sp³-hybridized carbons (Fsp3) is 0.296. The Morgan fingerprint density at radius 1 is 0.950 bits per heavy atom. The molecule has 0 radical (unpaired) electrons. The fourth-order valence-corrected chi connectivity index (χ4v) is 7.28. The van der Waals surface area contributed by atoms with E-state index in [1.165, 1.54) is 34.6 Å². The summed E-state index contributed by atoms with van der Waals surface area (Å²) >= 11 is 11.9. The van der Waals surface area contributed by atoms with Crippen molar-refractivity contribution in [3.8, 4) is 5.75 Å². The third kappa shape index (κ3) is 7.67. The number of nitrogens with zero attached hydrogens (tertiary/aromatic N) is 1. The Balaban J connectivity index is 1.36. The van der Waals surface area contributed by atoms with Crippen molar-refractivity contribution in [1.29, 1.82) is 0 Å². The average Bonchev–Trinajstić information content (AvgIpc) is 2.92. The molecule has 4 rings (SSSR count). The minimum atomic E-state index is -3.85. The molecular weight excluding hydrogens is 597 g/mol. The van der Waals surface area contributed by atoms with Gasteiger partial charge in [0.2, 0.25) is 15.9 Å². The maximum absolute atomic E-state index is 13.0. The smallest absolute Gasteiger partial charge is 0.261 e. The molecule has 3 aromatic carbocycles. The second-order valence-electron chi connectivity index (χ2n) is 9.28. The lowest BCUT2D eigenvalue weighted by molar-refractivity contribution is -0.120. The Morgan fingerprint density at radius 2 is 1.62 bits per heavy atom. The number of ether oxygens (including phenoxy) is 1. The number of carbonyl (C=O) groups is 1. The van der Waals surface area contributed by atoms with E-state index in [1.807, 2.05) is 6.92 Å². The molecule has 0 aliphatic carbocycles. The topological polar surface area (TPSA) is 122 Å². The van der Waals surface area contributed by atoms with Gasteiger partial charge in [0.1, 0.15) is 5.75 Å². The van der Waals surface area contributed by atoms with E-state index in [0.717, 1.165) is 0 Å². The van der Waals surface area contributed by atoms with Crippen LogP contribution < -0.4 is 14.8 Å². The molecule has 9 nitrogen and oxygen atoms in total. The quantitative estimate of drug-likeness (QED) is 0.312. The summed E-state index contributed by atoms with van der Waals surface area (Å²) < 4.78 is 60.8. The number of hydrogen-bond acceptors (Lipinski definition) is 6. The van der Waals surface area contributed by atoms with Crippen LogP contribution in [0.5, 0.6) is 5.75 Å². The third-order valence-corrected chi connectivity index (χ3v) is 10.3. The molecule has 3 aromatic rings. The molecule has 1 aliphatic heterocycles. The van der Waals surface area contributed by atoms with Gasteiger partial charge in [-0.05, 0) is 86.0 Å². The van der Waals surface area contributed by atoms with Gasteiger partial charge in [-0.2, -0.15) is 0 Å². The SMILES string of the molecule is CCOc1ccc(NS(=O)(=O)c2ccc(NC(=O)[C@H]3CCCN(S(=O)(=O)Cc4ccc(Cl)c(Cl)c4)C3)cc2)cc1. The zero-order chi connectivity index (χ0) is 28.9. The zero-order valence-electron chi connectivity index (χ0n) is 21.6. The largest absolute Gasteiger partial charge is 0.494 e. The predicted molar refractivity (Wildman–Crippen MR) is 157 cm³/mol. The van der Waals surface area contributed by atoms with Gasteiger partial charge < -0.3 is 10.1 Å². The van der Waals surface area contributed by atoms with E-state index < -0.39 is 26.0 Å². The van der Waals surface area contributed by atoms with Crippen LogP contribution in [0.25, 0.3) is 0 Å². The van der Waals surface area contributed by atoms with E-state index in [0.29, 0.717) is 53.7 Å². The molecule has 1 aliphatic rings. The Kier molecular flexibility index (Phi) is 9.63. The number of nitrogens with one attached hydrogen (secondary N) is 2. The monoisotopic (exact) mass is 625 g/mol. The van der Waals surface area contributed by atoms with Gasteiger partial charge in [-0.15, -0.1) is 0 Å². The van der Waals surface area contributed by atoms with Crippen molar-refractivity contribution in [2.45, 2.75) is 30.4 Å². The minimum absolute atomic E-state index is 0.0246. The van der Waals surface area contributed by atoms with Gasteiger partial charge in [0.15, 0.2) is 0 Å². The number of benzene rings is 3. The molecule has 2 N–H and O–H groups in total. The van der Waals surface area contributed by atoms with E-state index in [4.69, 9.17) is 27.9 Å². The van der Waals surface area contributed by atoms with E-state index in [-0.39, 0.29) is 28.1 Å². The molecular formula is C27H29Cl2N3O6S2. The van der Waals surface area contributed by atoms with Crippen molar-refractivity contribution < 1.29 is 26.4 Å². The minimum Gasteiger partial charge on any atom is -0.494 e. The highest BCUT2D eigenvalue weighted by atomic mass is 35.5. The van der Waals surface area contributed by atoms with Crippen LogP contribution in [0.2, 0.25) is 10.0 Å². The molecule has 0 saturated carbocycles. The normalized spacial score (nSPS) is 16.3. The predicted octanol–water partition coefficient (Wildman–Crippen LogP) is 5.37. The zero-order valence-corrected chi connectivity index (χ0v) is 24.8. The average molecular weight is 627 g/mol. The fourth-order valence-electron chi connectivity index (χ4n) is 4.30. The van der Waals surface area contributed by atoms with Crippen molar-refractivity contribution in [3.05, 3.63) is 82.3 Å². The summed E-state index contributed by atoms with van der Waals surface area (Å²) in [5, 5.41) is 3.39. The number of carbonyl (C=O) groups excluding carboxylic acids is 1. The highest BCUT2D eigenvalue weighted by molar-refractivity contribution is 7.92. The van der Waals surface area contributed by atoms with Crippen LogP contribution in [0.15, 0.2) is 71.6 Å². The van der Waals surface area contributed by atoms with Crippen molar-refractivity contribution in [2.75, 3.05) is 29.7 Å². The summed E-state index contributed by atoms with van der Waals surface area (Å²) in [5.74, 6) is -0.505. The van der Waals surface area contributed by atoms with Crippen LogP contribution in [-0.2, 0) is 30.6 Å². The first kappa shape index (κ1) is 30.1. The second kappa shape index (κ2) is 12.8. The van der Waals surface area contributed by atoms with Crippen LogP contribution in [0, 0.1) is 5.92 Å². The number of piperidine rings is 1. The second-order valence-corrected chi connectivity index (χ2v) is 13.7. The van der Waals surface area contributed by atoms with E-state index in [2.05, 4.69) is 10.0 Å². The highest BCUT2D eigenvalue weighted by Gasteiger charge is 2.32. The van der Waals surface area contributed by atoms with E-state index in [9.17, 15) is 21.6 Å². The highest BCUT2D eigenvalue weighted by Crippen LogP contribution is 2.27. The Bertz CT molecular complexity index is 1560. The van der Waals surface area contributed by atoms with Crippen LogP contribution in [0.3, 0.4) is 0 Å². The summed E-state index contributed by atoms with van der Waals surface area (Å²) in [7, 11) is -7.54. The molecule has 0 spiro atoms. The molecule has 1 heterocycles. The van der Waals surface area contributed by atoms with Crippen molar-refractivity contribution in [3.63, 3.8) is 0 Å². The van der Waals surface area contributed by atoms with Gasteiger partial charge >= 0.3 is 0 Å². The summed E-state index contributed by atoms with van der Waals surface area (Å²) in [5.41, 5.74) is 1.30. The van der Waals surface area contributed by atoms with Crippen molar-refractivity contribution in [2.24, 2.45) is 5.92 Å². The molecule has 0 unspecified atom stereocenters. The Morgan fingerprint density at radius 3 is 2.27 bits per heavy atom. The lowest BCUT2D eigenvalue weighted by atomic mass is 9.99. The van der Waals surface area contributed by atoms with Crippen LogP contribution in [0.1, 0.15) is 25.3 Å². The first-order valence-electron chi connectivity index (χ1n) is 12.6. The molecule has 1 atom stereocenters. The summed E-state index contributed by atoms with van der Waals surface area (Å²) in [6.07, 6.45) is 1.07. The van der Waals surface area contributed by atoms with Gasteiger partial charge in [0.25, 0.3) is 10.0 Å². The molecule has 0 aromatic heterocycles. The molecule has 214 valence electrons. The van der Waals surface area contributed by atoms with Crippen LogP contribution in [-0.4, -0.2) is 46.7 Å². The van der Waals surface area contributed by atoms with Crippen molar-refractivity contribution >= 4 is 60.5 Å². The van der Waals surface area contributed by atoms with Gasteiger partial charge in [0, 0.05) is 24.5 Å². The first-order chi connectivity index (χ1) is 19.0. The lowest BCUT2D eigenvalue weighted by Crippen LogP contribution is -2.44. The number of rotatable bonds is 10. The molecule has 0 bridgehead atoms. The van der Waals surface area contributed by atoms with Crippen molar-refractivity contribution in [1.82, 2.24) is 4.31 Å². The van der Waals surface area contributed by atoms with Crippen LogP contribution >= 0.6 is 23.2 Å². The van der Waals surface area contributed by atoms with Crippen LogP contribution in [0.4, 0.5) is 11.4 Å².